The van der Waals surface area contributed by atoms with Crippen LogP contribution in [0.5, 0.6) is 0 Å². The van der Waals surface area contributed by atoms with Gasteiger partial charge in [0.1, 0.15) is 5.82 Å². The van der Waals surface area contributed by atoms with E-state index in [0.717, 1.165) is 10.3 Å². The van der Waals surface area contributed by atoms with Crippen molar-refractivity contribution in [3.05, 3.63) is 22.8 Å². The fourth-order valence-corrected chi connectivity index (χ4v) is 1.13. The molecular formula is C9H12BrClN2. The van der Waals surface area contributed by atoms with E-state index in [1.807, 2.05) is 26.0 Å². The van der Waals surface area contributed by atoms with Gasteiger partial charge in [0.05, 0.1) is 0 Å². The van der Waals surface area contributed by atoms with Crippen LogP contribution in [0, 0.1) is 0 Å². The Bertz CT molecular complexity index is 271. The monoisotopic (exact) mass is 262 g/mol. The fourth-order valence-electron chi connectivity index (χ4n) is 0.830. The van der Waals surface area contributed by atoms with E-state index in [-0.39, 0.29) is 5.54 Å². The number of halogens is 2. The molecule has 0 saturated heterocycles. The van der Waals surface area contributed by atoms with Gasteiger partial charge in [0.25, 0.3) is 0 Å². The number of hydrogen-bond acceptors (Lipinski definition) is 2. The Hall–Kier alpha value is -0.280. The van der Waals surface area contributed by atoms with Crippen LogP contribution in [0.25, 0.3) is 0 Å². The van der Waals surface area contributed by atoms with Crippen LogP contribution in [-0.4, -0.2) is 16.4 Å². The zero-order valence-electron chi connectivity index (χ0n) is 7.64. The van der Waals surface area contributed by atoms with Crippen LogP contribution in [0.1, 0.15) is 13.8 Å². The highest BCUT2D eigenvalue weighted by molar-refractivity contribution is 9.10. The molecule has 1 heterocycles. The molecule has 0 amide bonds. The van der Waals surface area contributed by atoms with Crippen molar-refractivity contribution < 1.29 is 0 Å². The molecule has 0 bridgehead atoms. The summed E-state index contributed by atoms with van der Waals surface area (Å²) in [5.41, 5.74) is -0.123. The lowest BCUT2D eigenvalue weighted by Gasteiger charge is -2.23. The van der Waals surface area contributed by atoms with Crippen molar-refractivity contribution in [3.63, 3.8) is 0 Å². The van der Waals surface area contributed by atoms with Crippen molar-refractivity contribution >= 4 is 33.3 Å². The quantitative estimate of drug-likeness (QED) is 0.847. The van der Waals surface area contributed by atoms with Gasteiger partial charge in [-0.05, 0) is 41.9 Å². The molecule has 2 nitrogen and oxygen atoms in total. The molecule has 0 saturated carbocycles. The van der Waals surface area contributed by atoms with Crippen LogP contribution in [0.4, 0.5) is 5.82 Å². The van der Waals surface area contributed by atoms with E-state index >= 15 is 0 Å². The first kappa shape index (κ1) is 10.8. The van der Waals surface area contributed by atoms with Crippen LogP contribution in [0.2, 0.25) is 0 Å². The number of anilines is 1. The Balaban J connectivity index is 2.69. The minimum Gasteiger partial charge on any atom is -0.364 e. The minimum absolute atomic E-state index is 0.123. The third-order valence-electron chi connectivity index (χ3n) is 1.53. The highest BCUT2D eigenvalue weighted by Crippen LogP contribution is 2.16. The van der Waals surface area contributed by atoms with Crippen molar-refractivity contribution in [2.45, 2.75) is 19.4 Å². The summed E-state index contributed by atoms with van der Waals surface area (Å²) in [4.78, 5) is 4.19. The molecule has 4 heteroatoms. The van der Waals surface area contributed by atoms with E-state index < -0.39 is 0 Å². The second-order valence-corrected chi connectivity index (χ2v) is 4.69. The summed E-state index contributed by atoms with van der Waals surface area (Å²) in [5, 5.41) is 3.23. The van der Waals surface area contributed by atoms with Crippen molar-refractivity contribution in [1.29, 1.82) is 0 Å². The molecule has 1 aromatic rings. The molecule has 72 valence electrons. The zero-order valence-corrected chi connectivity index (χ0v) is 9.98. The van der Waals surface area contributed by atoms with Crippen molar-refractivity contribution in [2.24, 2.45) is 0 Å². The SMILES string of the molecule is CC(C)(CCl)Nc1ccc(Br)cn1. The maximum Gasteiger partial charge on any atom is 0.126 e. The minimum atomic E-state index is -0.123. The molecule has 1 N–H and O–H groups in total. The first-order valence-corrected chi connectivity index (χ1v) is 5.32. The van der Waals surface area contributed by atoms with Crippen LogP contribution >= 0.6 is 27.5 Å². The number of pyridine rings is 1. The number of hydrogen-bond donors (Lipinski definition) is 1. The molecule has 0 radical (unpaired) electrons. The Kier molecular flexibility index (Phi) is 3.56. The first-order chi connectivity index (χ1) is 6.03. The van der Waals surface area contributed by atoms with E-state index in [9.17, 15) is 0 Å². The van der Waals surface area contributed by atoms with Gasteiger partial charge in [-0.2, -0.15) is 0 Å². The number of rotatable bonds is 3. The molecular weight excluding hydrogens is 251 g/mol. The topological polar surface area (TPSA) is 24.9 Å². The lowest BCUT2D eigenvalue weighted by Crippen LogP contribution is -2.33. The van der Waals surface area contributed by atoms with E-state index in [0.29, 0.717) is 5.88 Å². The molecule has 0 aromatic carbocycles. The summed E-state index contributed by atoms with van der Waals surface area (Å²) in [6.45, 7) is 4.06. The number of nitrogens with one attached hydrogen (secondary N) is 1. The van der Waals surface area contributed by atoms with Gasteiger partial charge in [0.15, 0.2) is 0 Å². The number of nitrogens with zero attached hydrogens (tertiary/aromatic N) is 1. The molecule has 13 heavy (non-hydrogen) atoms. The highest BCUT2D eigenvalue weighted by atomic mass is 79.9. The maximum absolute atomic E-state index is 5.77. The van der Waals surface area contributed by atoms with Gasteiger partial charge >= 0.3 is 0 Å². The second-order valence-electron chi connectivity index (χ2n) is 3.50. The maximum atomic E-state index is 5.77. The predicted octanol–water partition coefficient (Wildman–Crippen LogP) is 3.27. The summed E-state index contributed by atoms with van der Waals surface area (Å²) in [5.74, 6) is 1.39. The molecule has 0 fully saturated rings. The normalized spacial score (nSPS) is 11.4. The van der Waals surface area contributed by atoms with Gasteiger partial charge in [-0.1, -0.05) is 0 Å². The fraction of sp³-hybridized carbons (Fsp3) is 0.444. The van der Waals surface area contributed by atoms with E-state index in [1.165, 1.54) is 0 Å². The van der Waals surface area contributed by atoms with Gasteiger partial charge in [-0.3, -0.25) is 0 Å². The molecule has 0 unspecified atom stereocenters. The van der Waals surface area contributed by atoms with Crippen LogP contribution in [0.15, 0.2) is 22.8 Å². The summed E-state index contributed by atoms with van der Waals surface area (Å²) in [6, 6.07) is 3.86. The molecule has 1 aromatic heterocycles. The van der Waals surface area contributed by atoms with Gasteiger partial charge in [0, 0.05) is 22.1 Å². The third kappa shape index (κ3) is 3.53. The van der Waals surface area contributed by atoms with E-state index in [1.54, 1.807) is 6.20 Å². The average Bonchev–Trinajstić information content (AvgIpc) is 2.09. The lowest BCUT2D eigenvalue weighted by atomic mass is 10.1. The first-order valence-electron chi connectivity index (χ1n) is 3.99. The predicted molar refractivity (Wildman–Crippen MR) is 60.4 cm³/mol. The van der Waals surface area contributed by atoms with E-state index in [2.05, 4.69) is 26.2 Å². The molecule has 0 spiro atoms. The summed E-state index contributed by atoms with van der Waals surface area (Å²) in [6.07, 6.45) is 1.76. The molecule has 0 aliphatic rings. The van der Waals surface area contributed by atoms with Gasteiger partial charge in [-0.25, -0.2) is 4.98 Å². The Labute approximate surface area is 91.8 Å². The van der Waals surface area contributed by atoms with Crippen LogP contribution < -0.4 is 5.32 Å². The van der Waals surface area contributed by atoms with Crippen LogP contribution in [-0.2, 0) is 0 Å². The van der Waals surface area contributed by atoms with Crippen molar-refractivity contribution in [3.8, 4) is 0 Å². The Morgan fingerprint density at radius 1 is 1.54 bits per heavy atom. The van der Waals surface area contributed by atoms with Crippen molar-refractivity contribution in [1.82, 2.24) is 4.98 Å². The van der Waals surface area contributed by atoms with Gasteiger partial charge in [0.2, 0.25) is 0 Å². The van der Waals surface area contributed by atoms with E-state index in [4.69, 9.17) is 11.6 Å². The summed E-state index contributed by atoms with van der Waals surface area (Å²) in [7, 11) is 0. The highest BCUT2D eigenvalue weighted by Gasteiger charge is 2.15. The van der Waals surface area contributed by atoms with Gasteiger partial charge < -0.3 is 5.32 Å². The largest absolute Gasteiger partial charge is 0.364 e. The molecule has 0 aliphatic carbocycles. The van der Waals surface area contributed by atoms with Crippen molar-refractivity contribution in [2.75, 3.05) is 11.2 Å². The smallest absolute Gasteiger partial charge is 0.126 e. The van der Waals surface area contributed by atoms with Crippen LogP contribution in [0.3, 0.4) is 0 Å². The summed E-state index contributed by atoms with van der Waals surface area (Å²) >= 11 is 9.10. The Morgan fingerprint density at radius 2 is 2.23 bits per heavy atom. The third-order valence-corrected chi connectivity index (χ3v) is 2.67. The Morgan fingerprint density at radius 3 is 2.69 bits per heavy atom. The zero-order chi connectivity index (χ0) is 9.90. The molecule has 0 atom stereocenters. The summed E-state index contributed by atoms with van der Waals surface area (Å²) < 4.78 is 0.974. The number of aromatic nitrogens is 1. The van der Waals surface area contributed by atoms with Gasteiger partial charge in [-0.15, -0.1) is 11.6 Å². The average molecular weight is 264 g/mol. The molecule has 0 aliphatic heterocycles. The standard InChI is InChI=1S/C9H12BrClN2/c1-9(2,6-11)13-8-4-3-7(10)5-12-8/h3-5H,6H2,1-2H3,(H,12,13). The lowest BCUT2D eigenvalue weighted by molar-refractivity contribution is 0.638. The second kappa shape index (κ2) is 4.29. The molecule has 1 rings (SSSR count). The number of alkyl halides is 1.